The molecule has 0 fully saturated rings. The number of carbonyl (C=O) groups excluding carboxylic acids is 1. The average molecular weight is 347 g/mol. The number of sulfonamides is 1. The summed E-state index contributed by atoms with van der Waals surface area (Å²) in [7, 11) is -3.88. The number of nitrogens with one attached hydrogen (secondary N) is 1. The monoisotopic (exact) mass is 347 g/mol. The van der Waals surface area contributed by atoms with Gasteiger partial charge in [0.15, 0.2) is 0 Å². The molecule has 0 bridgehead atoms. The summed E-state index contributed by atoms with van der Waals surface area (Å²) in [5, 5.41) is 11.5. The third-order valence-corrected chi connectivity index (χ3v) is 4.26. The van der Waals surface area contributed by atoms with E-state index < -0.39 is 28.3 Å². The Bertz CT molecular complexity index is 907. The second kappa shape index (κ2) is 7.10. The highest BCUT2D eigenvalue weighted by atomic mass is 32.2. The van der Waals surface area contributed by atoms with E-state index >= 15 is 0 Å². The molecule has 2 aromatic rings. The number of hydrogen-bond acceptors (Lipinski definition) is 4. The van der Waals surface area contributed by atoms with E-state index in [-0.39, 0.29) is 16.9 Å². The molecule has 0 heterocycles. The highest BCUT2D eigenvalue weighted by Gasteiger charge is 2.23. The van der Waals surface area contributed by atoms with Crippen LogP contribution in [0.25, 0.3) is 0 Å². The first-order valence-electron chi connectivity index (χ1n) is 6.84. The lowest BCUT2D eigenvalue weighted by Crippen LogP contribution is -2.38. The predicted octanol–water partition coefficient (Wildman–Crippen LogP) is 2.10. The maximum absolute atomic E-state index is 13.9. The molecular weight excluding hydrogens is 333 g/mol. The molecule has 0 aliphatic heterocycles. The lowest BCUT2D eigenvalue weighted by molar-refractivity contribution is -0.114. The Balaban J connectivity index is 2.27. The zero-order valence-corrected chi connectivity index (χ0v) is 13.5. The summed E-state index contributed by atoms with van der Waals surface area (Å²) >= 11 is 0. The lowest BCUT2D eigenvalue weighted by atomic mass is 10.2. The van der Waals surface area contributed by atoms with Gasteiger partial charge < -0.3 is 5.32 Å². The van der Waals surface area contributed by atoms with Crippen LogP contribution in [-0.4, -0.2) is 27.1 Å². The fourth-order valence-electron chi connectivity index (χ4n) is 2.04. The minimum Gasteiger partial charge on any atom is -0.323 e. The molecule has 0 aromatic heterocycles. The number of rotatable bonds is 5. The van der Waals surface area contributed by atoms with Crippen LogP contribution in [0.4, 0.5) is 15.8 Å². The van der Waals surface area contributed by atoms with Gasteiger partial charge in [-0.05, 0) is 24.3 Å². The summed E-state index contributed by atoms with van der Waals surface area (Å²) in [6.45, 7) is -0.612. The first-order valence-corrected chi connectivity index (χ1v) is 8.69. The number of carbonyl (C=O) groups is 1. The molecule has 0 unspecified atom stereocenters. The summed E-state index contributed by atoms with van der Waals surface area (Å²) in [4.78, 5) is 12.2. The summed E-state index contributed by atoms with van der Waals surface area (Å²) in [6, 6.07) is 13.5. The average Bonchev–Trinajstić information content (AvgIpc) is 2.53. The molecule has 0 radical (unpaired) electrons. The van der Waals surface area contributed by atoms with Crippen molar-refractivity contribution in [2.75, 3.05) is 22.4 Å². The van der Waals surface area contributed by atoms with Crippen molar-refractivity contribution in [2.45, 2.75) is 0 Å². The van der Waals surface area contributed by atoms with Crippen molar-refractivity contribution in [3.05, 3.63) is 59.9 Å². The van der Waals surface area contributed by atoms with E-state index in [1.807, 2.05) is 6.07 Å². The van der Waals surface area contributed by atoms with E-state index in [0.717, 1.165) is 12.3 Å². The quantitative estimate of drug-likeness (QED) is 0.897. The standard InChI is InChI=1S/C16H14FN3O3S/c1-24(22,23)20(15-9-5-3-7-13(15)17)11-16(21)19-14-8-4-2-6-12(14)10-18/h2-9H,11H2,1H3,(H,19,21). The van der Waals surface area contributed by atoms with Crippen LogP contribution in [0.3, 0.4) is 0 Å². The van der Waals surface area contributed by atoms with Gasteiger partial charge in [0, 0.05) is 0 Å². The van der Waals surface area contributed by atoms with Crippen molar-refractivity contribution in [1.82, 2.24) is 0 Å². The number of benzene rings is 2. The molecule has 6 nitrogen and oxygen atoms in total. The highest BCUT2D eigenvalue weighted by molar-refractivity contribution is 7.92. The number of anilines is 2. The Morgan fingerprint density at radius 1 is 1.21 bits per heavy atom. The van der Waals surface area contributed by atoms with Gasteiger partial charge in [-0.1, -0.05) is 24.3 Å². The molecule has 0 atom stereocenters. The molecule has 1 amide bonds. The van der Waals surface area contributed by atoms with Crippen molar-refractivity contribution >= 4 is 27.3 Å². The summed E-state index contributed by atoms with van der Waals surface area (Å²) in [5.41, 5.74) is 0.276. The minimum atomic E-state index is -3.88. The van der Waals surface area contributed by atoms with Crippen LogP contribution in [0.5, 0.6) is 0 Å². The molecule has 0 saturated heterocycles. The summed E-state index contributed by atoms with van der Waals surface area (Å²) in [6.07, 6.45) is 0.885. The molecule has 2 rings (SSSR count). The fraction of sp³-hybridized carbons (Fsp3) is 0.125. The van der Waals surface area contributed by atoms with Gasteiger partial charge in [-0.25, -0.2) is 12.8 Å². The maximum Gasteiger partial charge on any atom is 0.245 e. The van der Waals surface area contributed by atoms with E-state index in [0.29, 0.717) is 4.31 Å². The van der Waals surface area contributed by atoms with E-state index in [2.05, 4.69) is 5.32 Å². The van der Waals surface area contributed by atoms with Crippen LogP contribution < -0.4 is 9.62 Å². The van der Waals surface area contributed by atoms with Gasteiger partial charge in [-0.15, -0.1) is 0 Å². The van der Waals surface area contributed by atoms with Crippen LogP contribution in [0, 0.1) is 17.1 Å². The van der Waals surface area contributed by atoms with Gasteiger partial charge in [-0.2, -0.15) is 5.26 Å². The van der Waals surface area contributed by atoms with Crippen molar-refractivity contribution in [1.29, 1.82) is 5.26 Å². The number of halogens is 1. The largest absolute Gasteiger partial charge is 0.323 e. The van der Waals surface area contributed by atoms with Gasteiger partial charge in [0.1, 0.15) is 18.4 Å². The van der Waals surface area contributed by atoms with Crippen LogP contribution in [0.2, 0.25) is 0 Å². The Hall–Kier alpha value is -2.92. The number of nitrogens with zero attached hydrogens (tertiary/aromatic N) is 2. The van der Waals surface area contributed by atoms with E-state index in [1.165, 1.54) is 30.3 Å². The minimum absolute atomic E-state index is 0.219. The topological polar surface area (TPSA) is 90.3 Å². The van der Waals surface area contributed by atoms with E-state index in [4.69, 9.17) is 5.26 Å². The second-order valence-electron chi connectivity index (χ2n) is 4.93. The maximum atomic E-state index is 13.9. The Morgan fingerprint density at radius 2 is 1.83 bits per heavy atom. The molecule has 1 N–H and O–H groups in total. The zero-order valence-electron chi connectivity index (χ0n) is 12.7. The molecule has 0 spiro atoms. The van der Waals surface area contributed by atoms with Crippen LogP contribution in [-0.2, 0) is 14.8 Å². The van der Waals surface area contributed by atoms with Crippen molar-refractivity contribution in [3.63, 3.8) is 0 Å². The van der Waals surface area contributed by atoms with Crippen LogP contribution in [0.1, 0.15) is 5.56 Å². The first-order chi connectivity index (χ1) is 11.3. The SMILES string of the molecule is CS(=O)(=O)N(CC(=O)Nc1ccccc1C#N)c1ccccc1F. The third-order valence-electron chi connectivity index (χ3n) is 3.13. The van der Waals surface area contributed by atoms with Gasteiger partial charge in [0.05, 0.1) is 23.2 Å². The molecule has 8 heteroatoms. The van der Waals surface area contributed by atoms with Crippen LogP contribution >= 0.6 is 0 Å². The number of nitriles is 1. The number of amides is 1. The van der Waals surface area contributed by atoms with E-state index in [1.54, 1.807) is 12.1 Å². The predicted molar refractivity (Wildman–Crippen MR) is 88.4 cm³/mol. The van der Waals surface area contributed by atoms with Gasteiger partial charge in [0.25, 0.3) is 0 Å². The van der Waals surface area contributed by atoms with Crippen molar-refractivity contribution in [3.8, 4) is 6.07 Å². The van der Waals surface area contributed by atoms with Crippen molar-refractivity contribution in [2.24, 2.45) is 0 Å². The summed E-state index contributed by atoms with van der Waals surface area (Å²) in [5.74, 6) is -1.44. The lowest BCUT2D eigenvalue weighted by Gasteiger charge is -2.22. The molecule has 124 valence electrons. The van der Waals surface area contributed by atoms with E-state index in [9.17, 15) is 17.6 Å². The first kappa shape index (κ1) is 17.4. The normalized spacial score (nSPS) is 10.7. The molecule has 2 aromatic carbocycles. The molecule has 0 aliphatic carbocycles. The smallest absolute Gasteiger partial charge is 0.245 e. The van der Waals surface area contributed by atoms with Crippen molar-refractivity contribution < 1.29 is 17.6 Å². The Kier molecular flexibility index (Phi) is 5.16. The van der Waals surface area contributed by atoms with Gasteiger partial charge in [0.2, 0.25) is 15.9 Å². The molecular formula is C16H14FN3O3S. The zero-order chi connectivity index (χ0) is 17.7. The Labute approximate surface area is 139 Å². The molecule has 0 saturated carbocycles. The number of hydrogen-bond donors (Lipinski definition) is 1. The fourth-order valence-corrected chi connectivity index (χ4v) is 2.90. The second-order valence-corrected chi connectivity index (χ2v) is 6.83. The third kappa shape index (κ3) is 4.08. The molecule has 24 heavy (non-hydrogen) atoms. The van der Waals surface area contributed by atoms with Gasteiger partial charge >= 0.3 is 0 Å². The Morgan fingerprint density at radius 3 is 2.46 bits per heavy atom. The van der Waals surface area contributed by atoms with Gasteiger partial charge in [-0.3, -0.25) is 9.10 Å². The molecule has 0 aliphatic rings. The van der Waals surface area contributed by atoms with Crippen LogP contribution in [0.15, 0.2) is 48.5 Å². The number of para-hydroxylation sites is 2. The highest BCUT2D eigenvalue weighted by Crippen LogP contribution is 2.21. The summed E-state index contributed by atoms with van der Waals surface area (Å²) < 4.78 is 38.4.